The van der Waals surface area contributed by atoms with Crippen LogP contribution in [0.3, 0.4) is 0 Å². The van der Waals surface area contributed by atoms with Gasteiger partial charge >= 0.3 is 0 Å². The van der Waals surface area contributed by atoms with E-state index in [0.717, 1.165) is 40.8 Å². The van der Waals surface area contributed by atoms with E-state index >= 15 is 0 Å². The summed E-state index contributed by atoms with van der Waals surface area (Å²) in [5.74, 6) is 0.878. The lowest BCUT2D eigenvalue weighted by molar-refractivity contribution is 0.00909. The van der Waals surface area contributed by atoms with Gasteiger partial charge in [-0.1, -0.05) is 15.9 Å². The second-order valence-corrected chi connectivity index (χ2v) is 6.37. The summed E-state index contributed by atoms with van der Waals surface area (Å²) in [5.41, 5.74) is 8.58. The number of ether oxygens (including phenoxy) is 2. The summed E-state index contributed by atoms with van der Waals surface area (Å²) < 4.78 is 12.3. The molecule has 4 heteroatoms. The van der Waals surface area contributed by atoms with Crippen LogP contribution in [-0.4, -0.2) is 19.8 Å². The van der Waals surface area contributed by atoms with Crippen molar-refractivity contribution in [1.29, 1.82) is 0 Å². The zero-order chi connectivity index (χ0) is 14.5. The normalized spacial score (nSPS) is 20.7. The highest BCUT2D eigenvalue weighted by molar-refractivity contribution is 9.10. The summed E-state index contributed by atoms with van der Waals surface area (Å²) in [6, 6.07) is 4.11. The third-order valence-corrected chi connectivity index (χ3v) is 4.84. The Balaban J connectivity index is 2.00. The molecule has 0 aliphatic carbocycles. The van der Waals surface area contributed by atoms with Gasteiger partial charge in [-0.05, 0) is 56.7 Å². The van der Waals surface area contributed by atoms with Crippen molar-refractivity contribution < 1.29 is 9.47 Å². The molecule has 1 aliphatic rings. The lowest BCUT2D eigenvalue weighted by Crippen LogP contribution is -2.21. The van der Waals surface area contributed by atoms with Gasteiger partial charge < -0.3 is 15.2 Å². The van der Waals surface area contributed by atoms with E-state index in [2.05, 4.69) is 28.9 Å². The van der Waals surface area contributed by atoms with E-state index in [-0.39, 0.29) is 6.04 Å². The molecule has 1 heterocycles. The van der Waals surface area contributed by atoms with Crippen LogP contribution in [0.2, 0.25) is 0 Å². The standard InChI is InChI=1S/C16H24BrNO2/c1-11-9-16(19-2)13(10-14(11)17)15(18)7-6-12-5-3-4-8-20-12/h9-10,12,15H,3-8,18H2,1-2H3. The Hall–Kier alpha value is -0.580. The van der Waals surface area contributed by atoms with Crippen molar-refractivity contribution in [3.8, 4) is 5.75 Å². The van der Waals surface area contributed by atoms with E-state index in [9.17, 15) is 0 Å². The maximum absolute atomic E-state index is 6.35. The van der Waals surface area contributed by atoms with E-state index in [1.54, 1.807) is 7.11 Å². The van der Waals surface area contributed by atoms with E-state index in [1.165, 1.54) is 19.3 Å². The average Bonchev–Trinajstić information content (AvgIpc) is 2.48. The molecular formula is C16H24BrNO2. The Labute approximate surface area is 130 Å². The minimum absolute atomic E-state index is 0.00706. The molecule has 0 saturated carbocycles. The molecule has 2 rings (SSSR count). The molecular weight excluding hydrogens is 318 g/mol. The molecule has 2 N–H and O–H groups in total. The van der Waals surface area contributed by atoms with Crippen molar-refractivity contribution in [2.75, 3.05) is 13.7 Å². The third-order valence-electron chi connectivity index (χ3n) is 3.98. The highest BCUT2D eigenvalue weighted by Gasteiger charge is 2.18. The SMILES string of the molecule is COc1cc(C)c(Br)cc1C(N)CCC1CCCCO1. The summed E-state index contributed by atoms with van der Waals surface area (Å²) in [4.78, 5) is 0. The van der Waals surface area contributed by atoms with Gasteiger partial charge in [0.05, 0.1) is 13.2 Å². The van der Waals surface area contributed by atoms with Crippen molar-refractivity contribution in [3.05, 3.63) is 27.7 Å². The van der Waals surface area contributed by atoms with E-state index in [0.29, 0.717) is 6.10 Å². The molecule has 0 bridgehead atoms. The van der Waals surface area contributed by atoms with E-state index in [1.807, 2.05) is 6.07 Å². The lowest BCUT2D eigenvalue weighted by Gasteiger charge is -2.24. The molecule has 1 aromatic rings. The summed E-state index contributed by atoms with van der Waals surface area (Å²) in [5, 5.41) is 0. The Morgan fingerprint density at radius 2 is 2.25 bits per heavy atom. The van der Waals surface area contributed by atoms with Gasteiger partial charge in [0.2, 0.25) is 0 Å². The van der Waals surface area contributed by atoms with Crippen LogP contribution in [0.15, 0.2) is 16.6 Å². The van der Waals surface area contributed by atoms with Gasteiger partial charge in [-0.15, -0.1) is 0 Å². The summed E-state index contributed by atoms with van der Waals surface area (Å²) in [7, 11) is 1.70. The first-order valence-corrected chi connectivity index (χ1v) is 8.12. The molecule has 1 saturated heterocycles. The van der Waals surface area contributed by atoms with Crippen molar-refractivity contribution in [2.45, 2.75) is 51.2 Å². The van der Waals surface area contributed by atoms with E-state index < -0.39 is 0 Å². The van der Waals surface area contributed by atoms with Crippen LogP contribution >= 0.6 is 15.9 Å². The second kappa shape index (κ2) is 7.43. The zero-order valence-corrected chi connectivity index (χ0v) is 13.9. The third kappa shape index (κ3) is 3.96. The van der Waals surface area contributed by atoms with Crippen molar-refractivity contribution in [1.82, 2.24) is 0 Å². The van der Waals surface area contributed by atoms with Crippen LogP contribution in [0.5, 0.6) is 5.75 Å². The van der Waals surface area contributed by atoms with Crippen LogP contribution < -0.4 is 10.5 Å². The topological polar surface area (TPSA) is 44.5 Å². The summed E-state index contributed by atoms with van der Waals surface area (Å²) >= 11 is 3.57. The Kier molecular flexibility index (Phi) is 5.87. The number of hydrogen-bond donors (Lipinski definition) is 1. The highest BCUT2D eigenvalue weighted by Crippen LogP contribution is 2.33. The van der Waals surface area contributed by atoms with Gasteiger partial charge in [0.15, 0.2) is 0 Å². The van der Waals surface area contributed by atoms with Crippen molar-refractivity contribution >= 4 is 15.9 Å². The van der Waals surface area contributed by atoms with Crippen LogP contribution in [0.4, 0.5) is 0 Å². The smallest absolute Gasteiger partial charge is 0.123 e. The molecule has 2 unspecified atom stereocenters. The predicted octanol–water partition coefficient (Wildman–Crippen LogP) is 4.12. The number of benzene rings is 1. The quantitative estimate of drug-likeness (QED) is 0.876. The molecule has 3 nitrogen and oxygen atoms in total. The summed E-state index contributed by atoms with van der Waals surface area (Å²) in [6.07, 6.45) is 5.98. The molecule has 0 radical (unpaired) electrons. The zero-order valence-electron chi connectivity index (χ0n) is 12.3. The van der Waals surface area contributed by atoms with Gasteiger partial charge in [-0.3, -0.25) is 0 Å². The monoisotopic (exact) mass is 341 g/mol. The van der Waals surface area contributed by atoms with Crippen LogP contribution in [-0.2, 0) is 4.74 Å². The maximum Gasteiger partial charge on any atom is 0.123 e. The average molecular weight is 342 g/mol. The fourth-order valence-electron chi connectivity index (χ4n) is 2.69. The van der Waals surface area contributed by atoms with Crippen molar-refractivity contribution in [3.63, 3.8) is 0 Å². The molecule has 0 aromatic heterocycles. The second-order valence-electron chi connectivity index (χ2n) is 5.52. The Bertz CT molecular complexity index is 444. The Morgan fingerprint density at radius 3 is 2.90 bits per heavy atom. The molecule has 1 aliphatic heterocycles. The van der Waals surface area contributed by atoms with Gasteiger partial charge in [0.1, 0.15) is 5.75 Å². The molecule has 1 fully saturated rings. The lowest BCUT2D eigenvalue weighted by atomic mass is 9.96. The van der Waals surface area contributed by atoms with Gasteiger partial charge in [0, 0.05) is 22.7 Å². The minimum atomic E-state index is -0.00706. The number of methoxy groups -OCH3 is 1. The molecule has 112 valence electrons. The fourth-order valence-corrected chi connectivity index (χ4v) is 3.05. The number of halogens is 1. The van der Waals surface area contributed by atoms with Gasteiger partial charge in [-0.2, -0.15) is 0 Å². The maximum atomic E-state index is 6.35. The first-order valence-electron chi connectivity index (χ1n) is 7.33. The molecule has 0 spiro atoms. The minimum Gasteiger partial charge on any atom is -0.496 e. The van der Waals surface area contributed by atoms with Crippen LogP contribution in [0, 0.1) is 6.92 Å². The fraction of sp³-hybridized carbons (Fsp3) is 0.625. The van der Waals surface area contributed by atoms with Crippen LogP contribution in [0.1, 0.15) is 49.3 Å². The van der Waals surface area contributed by atoms with Gasteiger partial charge in [-0.25, -0.2) is 0 Å². The summed E-state index contributed by atoms with van der Waals surface area (Å²) in [6.45, 7) is 2.96. The molecule has 20 heavy (non-hydrogen) atoms. The largest absolute Gasteiger partial charge is 0.496 e. The van der Waals surface area contributed by atoms with Gasteiger partial charge in [0.25, 0.3) is 0 Å². The first kappa shape index (κ1) is 15.8. The number of rotatable bonds is 5. The Morgan fingerprint density at radius 1 is 1.45 bits per heavy atom. The number of nitrogens with two attached hydrogens (primary N) is 1. The number of hydrogen-bond acceptors (Lipinski definition) is 3. The van der Waals surface area contributed by atoms with Crippen molar-refractivity contribution in [2.24, 2.45) is 5.73 Å². The first-order chi connectivity index (χ1) is 9.61. The molecule has 2 atom stereocenters. The highest BCUT2D eigenvalue weighted by atomic mass is 79.9. The molecule has 1 aromatic carbocycles. The molecule has 0 amide bonds. The predicted molar refractivity (Wildman–Crippen MR) is 85.2 cm³/mol. The van der Waals surface area contributed by atoms with Crippen LogP contribution in [0.25, 0.3) is 0 Å². The van der Waals surface area contributed by atoms with E-state index in [4.69, 9.17) is 15.2 Å². The number of aryl methyl sites for hydroxylation is 1.